The number of hydrogen-bond acceptors (Lipinski definition) is 6. The first-order chi connectivity index (χ1) is 14.1. The molecule has 29 heavy (non-hydrogen) atoms. The van der Waals surface area contributed by atoms with E-state index < -0.39 is 9.84 Å². The molecular formula is C21H19N5O2S. The van der Waals surface area contributed by atoms with Gasteiger partial charge in [-0.15, -0.1) is 5.10 Å². The van der Waals surface area contributed by atoms with E-state index >= 15 is 0 Å². The molecule has 2 aromatic carbocycles. The molecule has 2 aliphatic rings. The smallest absolute Gasteiger partial charge is 0.249 e. The molecule has 7 nitrogen and oxygen atoms in total. The quantitative estimate of drug-likeness (QED) is 0.689. The lowest BCUT2D eigenvalue weighted by Crippen LogP contribution is -2.06. The van der Waals surface area contributed by atoms with E-state index in [4.69, 9.17) is 0 Å². The third-order valence-electron chi connectivity index (χ3n) is 5.76. The van der Waals surface area contributed by atoms with Gasteiger partial charge < -0.3 is 5.32 Å². The van der Waals surface area contributed by atoms with Gasteiger partial charge in [0.2, 0.25) is 20.9 Å². The second-order valence-corrected chi connectivity index (χ2v) is 9.25. The fourth-order valence-corrected chi connectivity index (χ4v) is 5.60. The summed E-state index contributed by atoms with van der Waals surface area (Å²) < 4.78 is 25.5. The Morgan fingerprint density at radius 2 is 1.59 bits per heavy atom. The minimum absolute atomic E-state index is 0.169. The average Bonchev–Trinajstić information content (AvgIpc) is 3.49. The summed E-state index contributed by atoms with van der Waals surface area (Å²) in [5.41, 5.74) is 6.37. The largest absolute Gasteiger partial charge is 0.322 e. The van der Waals surface area contributed by atoms with Crippen molar-refractivity contribution in [2.24, 2.45) is 0 Å². The predicted octanol–water partition coefficient (Wildman–Crippen LogP) is 3.23. The number of nitrogens with zero attached hydrogens (tertiary/aromatic N) is 3. The van der Waals surface area contributed by atoms with Crippen LogP contribution >= 0.6 is 0 Å². The zero-order valence-electron chi connectivity index (χ0n) is 15.7. The molecule has 2 aliphatic carbocycles. The summed E-state index contributed by atoms with van der Waals surface area (Å²) in [5.74, 6) is 0.229. The number of nitrogens with one attached hydrogen (secondary N) is 2. The molecular weight excluding hydrogens is 386 g/mol. The topological polar surface area (TPSA) is 112 Å². The van der Waals surface area contributed by atoms with Crippen LogP contribution in [0.3, 0.4) is 0 Å². The number of hydrogen-bond donors (Lipinski definition) is 2. The maximum Gasteiger partial charge on any atom is 0.249 e. The third kappa shape index (κ3) is 2.81. The predicted molar refractivity (Wildman–Crippen MR) is 107 cm³/mol. The van der Waals surface area contributed by atoms with E-state index in [-0.39, 0.29) is 16.0 Å². The molecule has 0 atom stereocenters. The molecule has 0 fully saturated rings. The molecule has 5 rings (SSSR count). The Hall–Kier alpha value is -3.18. The lowest BCUT2D eigenvalue weighted by atomic mass is 9.93. The van der Waals surface area contributed by atoms with Gasteiger partial charge in [-0.05, 0) is 72.9 Å². The molecule has 0 bridgehead atoms. The molecule has 0 aliphatic heterocycles. The summed E-state index contributed by atoms with van der Waals surface area (Å²) in [4.78, 5) is 4.39. The lowest BCUT2D eigenvalue weighted by Gasteiger charge is -2.17. The summed E-state index contributed by atoms with van der Waals surface area (Å²) in [5, 5.41) is 19.4. The van der Waals surface area contributed by atoms with Crippen molar-refractivity contribution >= 4 is 21.5 Å². The van der Waals surface area contributed by atoms with Crippen LogP contribution in [0.25, 0.3) is 0 Å². The molecule has 2 N–H and O–H groups in total. The summed E-state index contributed by atoms with van der Waals surface area (Å²) in [7, 11) is -3.76. The summed E-state index contributed by atoms with van der Waals surface area (Å²) >= 11 is 0. The zero-order chi connectivity index (χ0) is 20.0. The van der Waals surface area contributed by atoms with Crippen molar-refractivity contribution < 1.29 is 8.42 Å². The highest BCUT2D eigenvalue weighted by Crippen LogP contribution is 2.42. The van der Waals surface area contributed by atoms with Gasteiger partial charge in [0, 0.05) is 5.69 Å². The van der Waals surface area contributed by atoms with E-state index in [0.29, 0.717) is 0 Å². The van der Waals surface area contributed by atoms with Crippen LogP contribution in [0.2, 0.25) is 0 Å². The number of rotatable bonds is 4. The molecule has 8 heteroatoms. The van der Waals surface area contributed by atoms with Crippen molar-refractivity contribution in [1.29, 1.82) is 5.26 Å². The van der Waals surface area contributed by atoms with Crippen LogP contribution in [-0.4, -0.2) is 23.6 Å². The van der Waals surface area contributed by atoms with Crippen molar-refractivity contribution in [3.63, 3.8) is 0 Å². The number of anilines is 2. The van der Waals surface area contributed by atoms with E-state index in [1.807, 2.05) is 0 Å². The van der Waals surface area contributed by atoms with Gasteiger partial charge in [0.1, 0.15) is 0 Å². The minimum Gasteiger partial charge on any atom is -0.322 e. The van der Waals surface area contributed by atoms with Crippen LogP contribution in [0.1, 0.15) is 40.7 Å². The first-order valence-electron chi connectivity index (χ1n) is 9.68. The molecule has 0 unspecified atom stereocenters. The minimum atomic E-state index is -3.76. The van der Waals surface area contributed by atoms with E-state index in [9.17, 15) is 13.7 Å². The summed E-state index contributed by atoms with van der Waals surface area (Å²) in [6.07, 6.45) is 5.65. The van der Waals surface area contributed by atoms with E-state index in [1.54, 1.807) is 18.2 Å². The van der Waals surface area contributed by atoms with Gasteiger partial charge in [-0.1, -0.05) is 18.2 Å². The van der Waals surface area contributed by atoms with Crippen LogP contribution in [0.4, 0.5) is 11.6 Å². The standard InChI is InChI=1S/C21H19N5O2S/c22-12-18-14-8-4-10-16(14)19(17-11-5-9-15(17)18)23-20-24-21(26-25-20)29(27,28)13-6-2-1-3-7-13/h1-3,6-7H,4-5,8-11H2,(H2,23,24,25,26). The van der Waals surface area contributed by atoms with Crippen molar-refractivity contribution in [3.8, 4) is 6.07 Å². The zero-order valence-corrected chi connectivity index (χ0v) is 16.5. The van der Waals surface area contributed by atoms with Crippen molar-refractivity contribution in [1.82, 2.24) is 15.2 Å². The molecule has 3 aromatic rings. The second kappa shape index (κ2) is 6.71. The lowest BCUT2D eigenvalue weighted by molar-refractivity contribution is 0.588. The van der Waals surface area contributed by atoms with Gasteiger partial charge in [-0.3, -0.25) is 0 Å². The summed E-state index contributed by atoms with van der Waals surface area (Å²) in [6.45, 7) is 0. The van der Waals surface area contributed by atoms with Crippen LogP contribution in [0.15, 0.2) is 40.4 Å². The van der Waals surface area contributed by atoms with Crippen LogP contribution in [-0.2, 0) is 35.5 Å². The number of nitriles is 1. The fraction of sp³-hybridized carbons (Fsp3) is 0.286. The Morgan fingerprint density at radius 1 is 0.966 bits per heavy atom. The normalized spacial score (nSPS) is 15.0. The highest BCUT2D eigenvalue weighted by Gasteiger charge is 2.30. The third-order valence-corrected chi connectivity index (χ3v) is 7.35. The van der Waals surface area contributed by atoms with E-state index in [0.717, 1.165) is 72.0 Å². The van der Waals surface area contributed by atoms with Gasteiger partial charge >= 0.3 is 0 Å². The second-order valence-electron chi connectivity index (χ2n) is 7.39. The number of H-pyrrole nitrogens is 1. The Labute approximate surface area is 168 Å². The number of fused-ring (bicyclic) bond motifs is 2. The van der Waals surface area contributed by atoms with E-state index in [2.05, 4.69) is 26.6 Å². The number of sulfone groups is 1. The van der Waals surface area contributed by atoms with Gasteiger partial charge in [0.25, 0.3) is 0 Å². The highest BCUT2D eigenvalue weighted by atomic mass is 32.2. The SMILES string of the molecule is N#Cc1c2c(c(Nc3n[nH]c(S(=O)(=O)c4ccccc4)n3)c3c1CCC3)CCC2. The molecule has 0 saturated carbocycles. The van der Waals surface area contributed by atoms with E-state index in [1.165, 1.54) is 12.1 Å². The molecule has 0 saturated heterocycles. The number of benzene rings is 2. The fourth-order valence-electron chi connectivity index (χ4n) is 4.49. The maximum absolute atomic E-state index is 12.8. The molecule has 146 valence electrons. The highest BCUT2D eigenvalue weighted by molar-refractivity contribution is 7.91. The van der Waals surface area contributed by atoms with Crippen molar-refractivity contribution in [2.45, 2.75) is 48.6 Å². The van der Waals surface area contributed by atoms with Gasteiger partial charge in [-0.25, -0.2) is 13.5 Å². The van der Waals surface area contributed by atoms with Gasteiger partial charge in [-0.2, -0.15) is 10.2 Å². The maximum atomic E-state index is 12.8. The van der Waals surface area contributed by atoms with Crippen molar-refractivity contribution in [2.75, 3.05) is 5.32 Å². The first-order valence-corrected chi connectivity index (χ1v) is 11.2. The van der Waals surface area contributed by atoms with Crippen LogP contribution in [0.5, 0.6) is 0 Å². The molecule has 1 heterocycles. The number of aromatic amines is 1. The van der Waals surface area contributed by atoms with Gasteiger partial charge in [0.15, 0.2) is 0 Å². The molecule has 1 aromatic heterocycles. The Bertz CT molecular complexity index is 1220. The summed E-state index contributed by atoms with van der Waals surface area (Å²) in [6, 6.07) is 10.6. The average molecular weight is 405 g/mol. The Morgan fingerprint density at radius 3 is 2.21 bits per heavy atom. The molecule has 0 amide bonds. The number of aromatic nitrogens is 3. The van der Waals surface area contributed by atoms with Gasteiger partial charge in [0.05, 0.1) is 16.5 Å². The monoisotopic (exact) mass is 405 g/mol. The molecule has 0 radical (unpaired) electrons. The first kappa shape index (κ1) is 17.9. The van der Waals surface area contributed by atoms with Crippen LogP contribution < -0.4 is 5.32 Å². The molecule has 0 spiro atoms. The Kier molecular flexibility index (Phi) is 4.14. The van der Waals surface area contributed by atoms with Crippen molar-refractivity contribution in [3.05, 3.63) is 58.1 Å². The van der Waals surface area contributed by atoms with Crippen LogP contribution in [0, 0.1) is 11.3 Å². The Balaban J connectivity index is 1.55.